The lowest BCUT2D eigenvalue weighted by Gasteiger charge is -2.21. The molecule has 1 aromatic heterocycles. The zero-order chi connectivity index (χ0) is 53.7. The molecule has 7 N–H and O–H groups in total. The van der Waals surface area contributed by atoms with Crippen molar-refractivity contribution in [1.29, 1.82) is 0 Å². The molecule has 1 saturated heterocycles. The molecule has 2 unspecified atom stereocenters. The van der Waals surface area contributed by atoms with E-state index >= 15 is 0 Å². The van der Waals surface area contributed by atoms with Gasteiger partial charge in [-0.25, -0.2) is 13.9 Å². The smallest absolute Gasteiger partial charge is 0.462 e. The van der Waals surface area contributed by atoms with E-state index in [1.165, 1.54) is 83.1 Å². The summed E-state index contributed by atoms with van der Waals surface area (Å²) in [5, 5.41) is 31.0. The van der Waals surface area contributed by atoms with Crippen molar-refractivity contribution >= 4 is 33.4 Å². The van der Waals surface area contributed by atoms with Crippen LogP contribution in [-0.2, 0) is 46.3 Å². The van der Waals surface area contributed by atoms with Crippen LogP contribution >= 0.6 is 15.6 Å². The molecule has 1 fully saturated rings. The van der Waals surface area contributed by atoms with Crippen LogP contribution in [0.3, 0.4) is 0 Å². The highest BCUT2D eigenvalue weighted by Gasteiger charge is 2.46. The summed E-state index contributed by atoms with van der Waals surface area (Å²) in [5.41, 5.74) is 4.58. The number of carbonyl (C=O) groups excluding carboxylic acids is 2. The van der Waals surface area contributed by atoms with Crippen LogP contribution in [0.25, 0.3) is 0 Å². The van der Waals surface area contributed by atoms with Crippen LogP contribution in [-0.4, -0.2) is 96.9 Å². The molecular formula is C52H89N3O16P2. The number of hydrogen-bond donors (Lipinski definition) is 6. The van der Waals surface area contributed by atoms with E-state index in [9.17, 15) is 48.6 Å². The van der Waals surface area contributed by atoms with Crippen molar-refractivity contribution in [3.8, 4) is 0 Å². The zero-order valence-electron chi connectivity index (χ0n) is 43.7. The normalized spacial score (nSPS) is 19.8. The molecule has 418 valence electrons. The highest BCUT2D eigenvalue weighted by Crippen LogP contribution is 2.60. The number of phosphoric acid groups is 2. The first-order chi connectivity index (χ1) is 34.9. The average molecular weight is 1070 g/mol. The molecule has 0 amide bonds. The van der Waals surface area contributed by atoms with Gasteiger partial charge in [0.25, 0.3) is 0 Å². The zero-order valence-corrected chi connectivity index (χ0v) is 45.5. The summed E-state index contributed by atoms with van der Waals surface area (Å²) >= 11 is 0. The molecule has 0 aliphatic carbocycles. The lowest BCUT2D eigenvalue weighted by atomic mass is 10.0. The molecule has 8 atom stereocenters. The molecule has 0 radical (unpaired) electrons. The number of rotatable bonds is 43. The van der Waals surface area contributed by atoms with Crippen LogP contribution in [0.1, 0.15) is 188 Å². The molecule has 0 aromatic carbocycles. The maximum absolute atomic E-state index is 12.9. The number of unbranched alkanes of at least 4 members (excludes halogenated alkanes) is 17. The summed E-state index contributed by atoms with van der Waals surface area (Å²) in [6, 6.07) is 1.24. The second-order valence-corrected chi connectivity index (χ2v) is 22.1. The van der Waals surface area contributed by atoms with Gasteiger partial charge in [0.1, 0.15) is 30.7 Å². The molecular weight excluding hydrogens is 985 g/mol. The summed E-state index contributed by atoms with van der Waals surface area (Å²) in [5.74, 6) is -0.616. The SMILES string of the molecule is CCCCC/C=C\C[C@@H](O)/C=C/C=C\C/C=C\CCCC(=O)OC[C@H](COP(=O)(O)OP(=O)(O)OC[C@H]1O[C@@H](n2ccc(N)nc2=O)[C@H](O)[C@@H]1O)OC(=O)CCCCCCCCCCCCCCCCC(C)C. The predicted octanol–water partition coefficient (Wildman–Crippen LogP) is 10.2. The second-order valence-electron chi connectivity index (χ2n) is 19.1. The van der Waals surface area contributed by atoms with Crippen molar-refractivity contribution in [1.82, 2.24) is 9.55 Å². The van der Waals surface area contributed by atoms with Gasteiger partial charge in [0.15, 0.2) is 12.3 Å². The minimum Gasteiger partial charge on any atom is -0.462 e. The van der Waals surface area contributed by atoms with Crippen molar-refractivity contribution < 1.29 is 71.4 Å². The first kappa shape index (κ1) is 65.8. The number of nitrogens with two attached hydrogens (primary N) is 1. The van der Waals surface area contributed by atoms with E-state index in [1.807, 2.05) is 30.4 Å². The van der Waals surface area contributed by atoms with Gasteiger partial charge in [-0.15, -0.1) is 0 Å². The molecule has 21 heteroatoms. The average Bonchev–Trinajstić information content (AvgIpc) is 3.61. The fraction of sp³-hybridized carbons (Fsp3) is 0.731. The third kappa shape index (κ3) is 32.7. The summed E-state index contributed by atoms with van der Waals surface area (Å²) in [4.78, 5) is 62.0. The highest BCUT2D eigenvalue weighted by molar-refractivity contribution is 7.61. The molecule has 1 aromatic rings. The maximum atomic E-state index is 12.9. The first-order valence-electron chi connectivity index (χ1n) is 26.6. The third-order valence-corrected chi connectivity index (χ3v) is 14.5. The lowest BCUT2D eigenvalue weighted by Crippen LogP contribution is -2.36. The topological polar surface area (TPSA) is 286 Å². The van der Waals surface area contributed by atoms with Crippen molar-refractivity contribution in [2.45, 2.75) is 218 Å². The Morgan fingerprint density at radius 2 is 1.37 bits per heavy atom. The number of nitrogens with zero attached hydrogens (tertiary/aromatic N) is 2. The van der Waals surface area contributed by atoms with E-state index < -0.39 is 89.8 Å². The summed E-state index contributed by atoms with van der Waals surface area (Å²) in [6.45, 7) is 4.32. The second kappa shape index (κ2) is 39.1. The van der Waals surface area contributed by atoms with Crippen molar-refractivity contribution in [3.05, 3.63) is 71.4 Å². The van der Waals surface area contributed by atoms with E-state index in [1.54, 1.807) is 12.2 Å². The Hall–Kier alpha value is -3.32. The molecule has 0 bridgehead atoms. The van der Waals surface area contributed by atoms with Crippen LogP contribution in [0, 0.1) is 5.92 Å². The number of carbonyl (C=O) groups is 2. The van der Waals surface area contributed by atoms with E-state index in [2.05, 4.69) is 36.1 Å². The molecule has 73 heavy (non-hydrogen) atoms. The largest absolute Gasteiger partial charge is 0.481 e. The van der Waals surface area contributed by atoms with Gasteiger partial charge in [-0.2, -0.15) is 9.29 Å². The van der Waals surface area contributed by atoms with Crippen molar-refractivity contribution in [3.63, 3.8) is 0 Å². The number of nitrogen functional groups attached to an aromatic ring is 1. The standard InChI is InChI=1S/C52H89N3O16P2/c1-4-5-6-7-23-28-33-43(56)34-29-24-19-16-17-20-25-30-35-47(57)66-39-44(69-48(58)36-31-26-21-15-13-11-9-8-10-12-14-18-22-27-32-42(2)3)40-67-72(62,63)71-73(64,65)68-41-45-49(59)50(60)51(70-45)55-38-37-46(53)54-52(55)61/h17,19-20,23-24,28-29,34,37-38,42-45,49-51,56,59-60H,4-16,18,21-22,25-27,30-33,35-36,39-41H2,1-3H3,(H,62,63)(H,64,65)(H2,53,54,61)/b20-17-,24-19-,28-23-,34-29+/t43-,44-,45-,49-,50-,51-/m1/s1. The maximum Gasteiger partial charge on any atom is 0.481 e. The summed E-state index contributed by atoms with van der Waals surface area (Å²) in [6.07, 6.45) is 32.2. The number of allylic oxidation sites excluding steroid dienone is 6. The van der Waals surface area contributed by atoms with Crippen LogP contribution in [0.5, 0.6) is 0 Å². The van der Waals surface area contributed by atoms with Gasteiger partial charge < -0.3 is 45.1 Å². The van der Waals surface area contributed by atoms with E-state index in [4.69, 9.17) is 29.0 Å². The molecule has 1 aliphatic rings. The number of aliphatic hydroxyl groups is 3. The van der Waals surface area contributed by atoms with E-state index in [-0.39, 0.29) is 18.7 Å². The molecule has 0 saturated carbocycles. The molecule has 2 rings (SSSR count). The molecule has 19 nitrogen and oxygen atoms in total. The van der Waals surface area contributed by atoms with Crippen LogP contribution in [0.15, 0.2) is 65.7 Å². The van der Waals surface area contributed by atoms with Crippen molar-refractivity contribution in [2.75, 3.05) is 25.6 Å². The van der Waals surface area contributed by atoms with Crippen LogP contribution in [0.2, 0.25) is 0 Å². The monoisotopic (exact) mass is 1070 g/mol. The molecule has 0 spiro atoms. The Balaban J connectivity index is 1.82. The summed E-state index contributed by atoms with van der Waals surface area (Å²) in [7, 11) is -10.9. The van der Waals surface area contributed by atoms with Gasteiger partial charge in [0, 0.05) is 19.0 Å². The number of anilines is 1. The van der Waals surface area contributed by atoms with E-state index in [0.717, 1.165) is 55.2 Å². The van der Waals surface area contributed by atoms with Gasteiger partial charge in [0.2, 0.25) is 0 Å². The Morgan fingerprint density at radius 3 is 2.01 bits per heavy atom. The molecule has 2 heterocycles. The Bertz CT molecular complexity index is 1940. The minimum absolute atomic E-state index is 0.0193. The van der Waals surface area contributed by atoms with Gasteiger partial charge in [-0.05, 0) is 56.9 Å². The van der Waals surface area contributed by atoms with Gasteiger partial charge in [-0.1, -0.05) is 172 Å². The van der Waals surface area contributed by atoms with Crippen LogP contribution < -0.4 is 11.4 Å². The predicted molar refractivity (Wildman–Crippen MR) is 281 cm³/mol. The minimum atomic E-state index is -5.45. The number of esters is 2. The molecule has 1 aliphatic heterocycles. The Morgan fingerprint density at radius 1 is 0.767 bits per heavy atom. The number of phosphoric ester groups is 2. The number of aromatic nitrogens is 2. The fourth-order valence-electron chi connectivity index (χ4n) is 7.75. The van der Waals surface area contributed by atoms with E-state index in [0.29, 0.717) is 32.1 Å². The quantitative estimate of drug-likeness (QED) is 0.0117. The third-order valence-electron chi connectivity index (χ3n) is 11.9. The lowest BCUT2D eigenvalue weighted by molar-refractivity contribution is -0.161. The number of aliphatic hydroxyl groups excluding tert-OH is 3. The van der Waals surface area contributed by atoms with Gasteiger partial charge >= 0.3 is 33.3 Å². The Kier molecular flexibility index (Phi) is 35.3. The highest BCUT2D eigenvalue weighted by atomic mass is 31.3. The number of ether oxygens (including phenoxy) is 3. The van der Waals surface area contributed by atoms with Gasteiger partial charge in [0.05, 0.1) is 19.3 Å². The Labute approximate surface area is 433 Å². The summed E-state index contributed by atoms with van der Waals surface area (Å²) < 4.78 is 56.8. The number of hydrogen-bond acceptors (Lipinski definition) is 16. The fourth-order valence-corrected chi connectivity index (χ4v) is 9.86. The first-order valence-corrected chi connectivity index (χ1v) is 29.6. The van der Waals surface area contributed by atoms with Crippen molar-refractivity contribution in [2.24, 2.45) is 5.92 Å². The van der Waals surface area contributed by atoms with Crippen LogP contribution in [0.4, 0.5) is 5.82 Å². The van der Waals surface area contributed by atoms with Gasteiger partial charge in [-0.3, -0.25) is 23.2 Å².